The van der Waals surface area contributed by atoms with Gasteiger partial charge in [0, 0.05) is 26.8 Å². The summed E-state index contributed by atoms with van der Waals surface area (Å²) in [6, 6.07) is 35.5. The fourth-order valence-corrected chi connectivity index (χ4v) is 8.20. The highest BCUT2D eigenvalue weighted by molar-refractivity contribution is 7.80. The molecule has 37 heavy (non-hydrogen) atoms. The molecule has 2 aromatic heterocycles. The Morgan fingerprint density at radius 1 is 0.595 bits per heavy atom. The topological polar surface area (TPSA) is 47.8 Å². The number of para-hydroxylation sites is 3. The molecule has 0 spiro atoms. The summed E-state index contributed by atoms with van der Waals surface area (Å²) in [6.07, 6.45) is 0. The number of pyridine rings is 2. The summed E-state index contributed by atoms with van der Waals surface area (Å²) >= 11 is 0. The summed E-state index contributed by atoms with van der Waals surface area (Å²) in [7, 11) is -1.05. The van der Waals surface area contributed by atoms with E-state index in [0.29, 0.717) is 32.8 Å². The van der Waals surface area contributed by atoms with E-state index in [2.05, 4.69) is 22.6 Å². The number of fused-ring (bicyclic) bond motifs is 7. The number of rotatable bonds is 1. The Hall–Kier alpha value is -4.53. The maximum atomic E-state index is 14.2. The van der Waals surface area contributed by atoms with Gasteiger partial charge in [0.2, 0.25) is 5.43 Å². The van der Waals surface area contributed by atoms with Crippen molar-refractivity contribution < 1.29 is 4.74 Å². The van der Waals surface area contributed by atoms with Crippen molar-refractivity contribution in [2.45, 2.75) is 0 Å². The molecule has 1 unspecified atom stereocenters. The predicted molar refractivity (Wildman–Crippen MR) is 152 cm³/mol. The second-order valence-electron chi connectivity index (χ2n) is 9.26. The summed E-state index contributed by atoms with van der Waals surface area (Å²) in [5.74, 6) is 1.31. The quantitative estimate of drug-likeness (QED) is 0.174. The zero-order valence-corrected chi connectivity index (χ0v) is 20.4. The lowest BCUT2D eigenvalue weighted by atomic mass is 10.0. The third-order valence-electron chi connectivity index (χ3n) is 7.28. The molecule has 7 aromatic rings. The van der Waals surface area contributed by atoms with Gasteiger partial charge in [-0.15, -0.1) is 0 Å². The average Bonchev–Trinajstić information content (AvgIpc) is 2.95. The smallest absolute Gasteiger partial charge is 0.201 e. The molecule has 1 aliphatic heterocycles. The van der Waals surface area contributed by atoms with Crippen molar-refractivity contribution in [2.24, 2.45) is 0 Å². The van der Waals surface area contributed by atoms with Crippen LogP contribution in [0.25, 0.3) is 38.1 Å². The molecule has 1 aliphatic rings. The van der Waals surface area contributed by atoms with Crippen LogP contribution >= 0.6 is 7.92 Å². The van der Waals surface area contributed by atoms with Gasteiger partial charge >= 0.3 is 0 Å². The summed E-state index contributed by atoms with van der Waals surface area (Å²) < 4.78 is 8.63. The molecule has 174 valence electrons. The Balaban J connectivity index is 1.67. The van der Waals surface area contributed by atoms with E-state index in [-0.39, 0.29) is 10.9 Å². The Labute approximate surface area is 212 Å². The van der Waals surface area contributed by atoms with Crippen LogP contribution in [0.3, 0.4) is 0 Å². The van der Waals surface area contributed by atoms with Gasteiger partial charge in [-0.25, -0.2) is 0 Å². The molecule has 4 nitrogen and oxygen atoms in total. The molecule has 0 fully saturated rings. The van der Waals surface area contributed by atoms with Crippen LogP contribution in [0.5, 0.6) is 11.5 Å². The minimum absolute atomic E-state index is 0.0695. The van der Waals surface area contributed by atoms with E-state index in [4.69, 9.17) is 4.74 Å². The van der Waals surface area contributed by atoms with Crippen molar-refractivity contribution in [3.8, 4) is 11.5 Å². The van der Waals surface area contributed by atoms with Crippen LogP contribution in [0.15, 0.2) is 119 Å². The van der Waals surface area contributed by atoms with E-state index in [9.17, 15) is 9.59 Å². The maximum absolute atomic E-state index is 14.2. The summed E-state index contributed by atoms with van der Waals surface area (Å²) in [6.45, 7) is 0. The summed E-state index contributed by atoms with van der Waals surface area (Å²) in [5, 5.41) is 5.36. The molecule has 5 aromatic carbocycles. The molecular formula is C32H18NO3P. The minimum Gasteiger partial charge on any atom is -0.455 e. The fraction of sp³-hybridized carbons (Fsp3) is 0. The normalized spacial score (nSPS) is 14.6. The van der Waals surface area contributed by atoms with Crippen LogP contribution in [0.1, 0.15) is 0 Å². The minimum atomic E-state index is -1.05. The van der Waals surface area contributed by atoms with Gasteiger partial charge in [-0.3, -0.25) is 9.59 Å². The molecule has 0 aliphatic carbocycles. The molecular weight excluding hydrogens is 477 g/mol. The molecule has 0 saturated carbocycles. The van der Waals surface area contributed by atoms with Crippen LogP contribution in [-0.2, 0) is 0 Å². The lowest BCUT2D eigenvalue weighted by Crippen LogP contribution is -2.29. The third kappa shape index (κ3) is 2.71. The van der Waals surface area contributed by atoms with Crippen molar-refractivity contribution in [3.05, 3.63) is 130 Å². The first-order valence-electron chi connectivity index (χ1n) is 12.1. The maximum Gasteiger partial charge on any atom is 0.201 e. The largest absolute Gasteiger partial charge is 0.455 e. The standard InChI is InChI=1S/C32H18NO3P/c34-30-20-12-4-6-14-23(20)33-24-15-7-5-13-21(24)31(35)28-29(33)22(30)18-27-32(28)36-25-16-8-9-17-26(25)37(27)19-10-2-1-3-11-19/h1-18H. The van der Waals surface area contributed by atoms with Gasteiger partial charge in [0.05, 0.1) is 21.9 Å². The van der Waals surface area contributed by atoms with Crippen molar-refractivity contribution in [1.82, 2.24) is 4.40 Å². The van der Waals surface area contributed by atoms with Gasteiger partial charge in [-0.2, -0.15) is 0 Å². The number of benzene rings is 5. The Morgan fingerprint density at radius 3 is 1.97 bits per heavy atom. The molecule has 0 bridgehead atoms. The number of hydrogen-bond donors (Lipinski definition) is 0. The van der Waals surface area contributed by atoms with Crippen LogP contribution in [-0.4, -0.2) is 4.40 Å². The number of aromatic nitrogens is 1. The molecule has 0 amide bonds. The predicted octanol–water partition coefficient (Wildman–Crippen LogP) is 5.42. The number of hydrogen-bond acceptors (Lipinski definition) is 3. The van der Waals surface area contributed by atoms with E-state index < -0.39 is 7.92 Å². The lowest BCUT2D eigenvalue weighted by Gasteiger charge is -2.30. The highest BCUT2D eigenvalue weighted by Gasteiger charge is 2.33. The van der Waals surface area contributed by atoms with Gasteiger partial charge in [0.25, 0.3) is 0 Å². The van der Waals surface area contributed by atoms with E-state index in [1.54, 1.807) is 0 Å². The SMILES string of the molecule is O=c1c2ccccc2n2c3ccccc3c(=O)c3c4c(cc1c32)P(c1ccccc1)c1ccccc1O4. The van der Waals surface area contributed by atoms with Crippen molar-refractivity contribution in [1.29, 1.82) is 0 Å². The Kier molecular flexibility index (Phi) is 4.18. The van der Waals surface area contributed by atoms with Crippen LogP contribution in [0.2, 0.25) is 0 Å². The van der Waals surface area contributed by atoms with E-state index in [1.807, 2.05) is 91.0 Å². The van der Waals surface area contributed by atoms with Crippen molar-refractivity contribution >= 4 is 61.9 Å². The second kappa shape index (κ2) is 7.49. The first-order valence-corrected chi connectivity index (χ1v) is 13.5. The molecule has 0 radical (unpaired) electrons. The zero-order valence-electron chi connectivity index (χ0n) is 19.5. The number of nitrogens with zero attached hydrogens (tertiary/aromatic N) is 1. The van der Waals surface area contributed by atoms with Gasteiger partial charge in [0.1, 0.15) is 11.5 Å². The van der Waals surface area contributed by atoms with Crippen LogP contribution < -0.4 is 31.5 Å². The highest BCUT2D eigenvalue weighted by Crippen LogP contribution is 2.47. The lowest BCUT2D eigenvalue weighted by molar-refractivity contribution is 0.494. The number of ether oxygens (including phenoxy) is 1. The van der Waals surface area contributed by atoms with E-state index in [0.717, 1.165) is 32.7 Å². The van der Waals surface area contributed by atoms with E-state index in [1.165, 1.54) is 0 Å². The first-order chi connectivity index (χ1) is 18.2. The summed E-state index contributed by atoms with van der Waals surface area (Å²) in [5.41, 5.74) is 1.99. The molecule has 3 heterocycles. The van der Waals surface area contributed by atoms with Crippen molar-refractivity contribution in [2.75, 3.05) is 0 Å². The Morgan fingerprint density at radius 2 is 1.22 bits per heavy atom. The molecule has 1 atom stereocenters. The van der Waals surface area contributed by atoms with Crippen LogP contribution in [0.4, 0.5) is 0 Å². The van der Waals surface area contributed by atoms with E-state index >= 15 is 0 Å². The van der Waals surface area contributed by atoms with Crippen LogP contribution in [0, 0.1) is 0 Å². The molecule has 8 rings (SSSR count). The highest BCUT2D eigenvalue weighted by atomic mass is 31.1. The van der Waals surface area contributed by atoms with Gasteiger partial charge in [-0.05, 0) is 49.6 Å². The molecule has 0 N–H and O–H groups in total. The molecule has 0 saturated heterocycles. The molecule has 5 heteroatoms. The zero-order chi connectivity index (χ0) is 24.7. The van der Waals surface area contributed by atoms with Gasteiger partial charge in [-0.1, -0.05) is 72.8 Å². The second-order valence-corrected chi connectivity index (χ2v) is 11.4. The van der Waals surface area contributed by atoms with Gasteiger partial charge < -0.3 is 9.14 Å². The fourth-order valence-electron chi connectivity index (χ4n) is 5.72. The van der Waals surface area contributed by atoms with Gasteiger partial charge in [0.15, 0.2) is 5.43 Å². The third-order valence-corrected chi connectivity index (χ3v) is 9.76. The average molecular weight is 495 g/mol. The monoisotopic (exact) mass is 495 g/mol. The summed E-state index contributed by atoms with van der Waals surface area (Å²) in [4.78, 5) is 28.1. The first kappa shape index (κ1) is 20.6. The van der Waals surface area contributed by atoms with Crippen molar-refractivity contribution in [3.63, 3.8) is 0 Å². The Bertz CT molecular complexity index is 2150.